The molecule has 2 heteroatoms. The second-order valence-electron chi connectivity index (χ2n) is 5.39. The summed E-state index contributed by atoms with van der Waals surface area (Å²) in [5, 5.41) is 3.43. The van der Waals surface area contributed by atoms with Crippen molar-refractivity contribution in [3.05, 3.63) is 69.8 Å². The maximum atomic E-state index is 5.66. The monoisotopic (exact) mass is 268 g/mol. The van der Waals surface area contributed by atoms with E-state index >= 15 is 0 Å². The highest BCUT2D eigenvalue weighted by Crippen LogP contribution is 2.28. The molecule has 0 fully saturated rings. The lowest BCUT2D eigenvalue weighted by Gasteiger charge is -2.21. The molecule has 0 saturated carbocycles. The van der Waals surface area contributed by atoms with Gasteiger partial charge in [0.2, 0.25) is 0 Å². The van der Waals surface area contributed by atoms with E-state index in [-0.39, 0.29) is 6.04 Å². The molecule has 0 aliphatic rings. The molecule has 106 valence electrons. The van der Waals surface area contributed by atoms with E-state index in [0.29, 0.717) is 6.54 Å². The molecule has 2 aromatic carbocycles. The zero-order chi connectivity index (χ0) is 14.7. The van der Waals surface area contributed by atoms with E-state index < -0.39 is 0 Å². The molecule has 1 unspecified atom stereocenters. The van der Waals surface area contributed by atoms with E-state index in [1.165, 1.54) is 33.4 Å². The molecule has 0 saturated heterocycles. The molecule has 1 atom stereocenters. The molecule has 0 spiro atoms. The van der Waals surface area contributed by atoms with Crippen LogP contribution in [0.2, 0.25) is 0 Å². The first-order chi connectivity index (χ1) is 9.58. The molecule has 0 heterocycles. The zero-order valence-corrected chi connectivity index (χ0v) is 12.8. The average molecular weight is 268 g/mol. The molecule has 0 aliphatic heterocycles. The van der Waals surface area contributed by atoms with Gasteiger partial charge in [0.05, 0.1) is 6.04 Å². The van der Waals surface area contributed by atoms with Gasteiger partial charge in [-0.1, -0.05) is 36.4 Å². The number of hydrogen-bond acceptors (Lipinski definition) is 2. The summed E-state index contributed by atoms with van der Waals surface area (Å²) in [5.74, 6) is 0. The Morgan fingerprint density at radius 3 is 2.15 bits per heavy atom. The normalized spacial score (nSPS) is 12.4. The predicted octanol–water partition coefficient (Wildman–Crippen LogP) is 3.38. The summed E-state index contributed by atoms with van der Waals surface area (Å²) in [7, 11) is 2.01. The molecule has 0 amide bonds. The number of hydrogen-bond donors (Lipinski definition) is 2. The fraction of sp³-hybridized carbons (Fsp3) is 0.333. The SMILES string of the molecule is CNC(c1ccc(CN)cc1)c1ccc(C)c(C)c1C. The van der Waals surface area contributed by atoms with Crippen molar-refractivity contribution in [1.29, 1.82) is 0 Å². The molecule has 2 rings (SSSR count). The number of nitrogens with two attached hydrogens (primary N) is 1. The van der Waals surface area contributed by atoms with Gasteiger partial charge in [-0.2, -0.15) is 0 Å². The van der Waals surface area contributed by atoms with E-state index in [1.54, 1.807) is 0 Å². The Morgan fingerprint density at radius 1 is 0.950 bits per heavy atom. The van der Waals surface area contributed by atoms with Gasteiger partial charge in [0.15, 0.2) is 0 Å². The lowest BCUT2D eigenvalue weighted by atomic mass is 9.90. The molecule has 0 radical (unpaired) electrons. The van der Waals surface area contributed by atoms with Crippen molar-refractivity contribution in [2.24, 2.45) is 5.73 Å². The van der Waals surface area contributed by atoms with Gasteiger partial charge < -0.3 is 11.1 Å². The minimum absolute atomic E-state index is 0.223. The van der Waals surface area contributed by atoms with Gasteiger partial charge in [-0.15, -0.1) is 0 Å². The Morgan fingerprint density at radius 2 is 1.60 bits per heavy atom. The van der Waals surface area contributed by atoms with E-state index in [4.69, 9.17) is 5.73 Å². The standard InChI is InChI=1S/C18H24N2/c1-12-5-10-17(14(3)13(12)2)18(20-4)16-8-6-15(11-19)7-9-16/h5-10,18,20H,11,19H2,1-4H3. The topological polar surface area (TPSA) is 38.0 Å². The first kappa shape index (κ1) is 14.8. The van der Waals surface area contributed by atoms with Crippen LogP contribution in [0.1, 0.15) is 39.4 Å². The van der Waals surface area contributed by atoms with Gasteiger partial charge in [0.1, 0.15) is 0 Å². The van der Waals surface area contributed by atoms with E-state index in [2.05, 4.69) is 62.5 Å². The fourth-order valence-corrected chi connectivity index (χ4v) is 2.64. The van der Waals surface area contributed by atoms with Gasteiger partial charge in [0.25, 0.3) is 0 Å². The summed E-state index contributed by atoms with van der Waals surface area (Å²) in [4.78, 5) is 0. The van der Waals surface area contributed by atoms with Crippen LogP contribution in [0.25, 0.3) is 0 Å². The van der Waals surface area contributed by atoms with Crippen LogP contribution in [0, 0.1) is 20.8 Å². The van der Waals surface area contributed by atoms with Crippen LogP contribution in [0.5, 0.6) is 0 Å². The molecule has 0 aromatic heterocycles. The van der Waals surface area contributed by atoms with E-state index in [9.17, 15) is 0 Å². The molecule has 2 nitrogen and oxygen atoms in total. The quantitative estimate of drug-likeness (QED) is 0.892. The van der Waals surface area contributed by atoms with Crippen LogP contribution in [0.15, 0.2) is 36.4 Å². The molecule has 20 heavy (non-hydrogen) atoms. The van der Waals surface area contributed by atoms with Gasteiger partial charge >= 0.3 is 0 Å². The van der Waals surface area contributed by atoms with Gasteiger partial charge in [-0.3, -0.25) is 0 Å². The van der Waals surface area contributed by atoms with Crippen LogP contribution in [-0.2, 0) is 6.54 Å². The van der Waals surface area contributed by atoms with Crippen molar-refractivity contribution >= 4 is 0 Å². The van der Waals surface area contributed by atoms with E-state index in [1.807, 2.05) is 7.05 Å². The van der Waals surface area contributed by atoms with Crippen molar-refractivity contribution in [3.63, 3.8) is 0 Å². The molecule has 2 aromatic rings. The lowest BCUT2D eigenvalue weighted by molar-refractivity contribution is 0.686. The van der Waals surface area contributed by atoms with Crippen LogP contribution >= 0.6 is 0 Å². The van der Waals surface area contributed by atoms with Crippen molar-refractivity contribution in [2.75, 3.05) is 7.05 Å². The summed E-state index contributed by atoms with van der Waals surface area (Å²) in [5.41, 5.74) is 13.5. The van der Waals surface area contributed by atoms with Crippen molar-refractivity contribution in [1.82, 2.24) is 5.32 Å². The maximum Gasteiger partial charge on any atom is 0.0576 e. The Balaban J connectivity index is 2.44. The highest BCUT2D eigenvalue weighted by Gasteiger charge is 2.15. The molecular formula is C18H24N2. The smallest absolute Gasteiger partial charge is 0.0576 e. The summed E-state index contributed by atoms with van der Waals surface area (Å²) in [6, 6.07) is 13.2. The van der Waals surface area contributed by atoms with Crippen molar-refractivity contribution in [3.8, 4) is 0 Å². The highest BCUT2D eigenvalue weighted by atomic mass is 14.9. The van der Waals surface area contributed by atoms with E-state index in [0.717, 1.165) is 0 Å². The highest BCUT2D eigenvalue weighted by molar-refractivity contribution is 5.44. The molecule has 0 aliphatic carbocycles. The second kappa shape index (κ2) is 6.21. The van der Waals surface area contributed by atoms with Crippen LogP contribution in [-0.4, -0.2) is 7.05 Å². The van der Waals surface area contributed by atoms with Crippen molar-refractivity contribution < 1.29 is 0 Å². The third-order valence-corrected chi connectivity index (χ3v) is 4.25. The summed E-state index contributed by atoms with van der Waals surface area (Å²) >= 11 is 0. The fourth-order valence-electron chi connectivity index (χ4n) is 2.64. The zero-order valence-electron chi connectivity index (χ0n) is 12.8. The third kappa shape index (κ3) is 2.77. The Hall–Kier alpha value is -1.64. The van der Waals surface area contributed by atoms with Gasteiger partial charge in [-0.05, 0) is 61.2 Å². The minimum atomic E-state index is 0.223. The largest absolute Gasteiger partial charge is 0.326 e. The Labute approximate surface area is 122 Å². The number of aryl methyl sites for hydroxylation is 1. The van der Waals surface area contributed by atoms with Crippen LogP contribution < -0.4 is 11.1 Å². The number of benzene rings is 2. The van der Waals surface area contributed by atoms with Crippen LogP contribution in [0.4, 0.5) is 0 Å². The third-order valence-electron chi connectivity index (χ3n) is 4.25. The average Bonchev–Trinajstić information content (AvgIpc) is 2.48. The summed E-state index contributed by atoms with van der Waals surface area (Å²) in [6.45, 7) is 7.15. The summed E-state index contributed by atoms with van der Waals surface area (Å²) < 4.78 is 0. The summed E-state index contributed by atoms with van der Waals surface area (Å²) in [6.07, 6.45) is 0. The number of nitrogens with one attached hydrogen (secondary N) is 1. The minimum Gasteiger partial charge on any atom is -0.326 e. The van der Waals surface area contributed by atoms with Crippen LogP contribution in [0.3, 0.4) is 0 Å². The van der Waals surface area contributed by atoms with Crippen molar-refractivity contribution in [2.45, 2.75) is 33.4 Å². The van der Waals surface area contributed by atoms with Gasteiger partial charge in [0, 0.05) is 6.54 Å². The molecule has 3 N–H and O–H groups in total. The molecular weight excluding hydrogens is 244 g/mol. The Kier molecular flexibility index (Phi) is 4.58. The second-order valence-corrected chi connectivity index (χ2v) is 5.39. The first-order valence-corrected chi connectivity index (χ1v) is 7.11. The molecule has 0 bridgehead atoms. The lowest BCUT2D eigenvalue weighted by Crippen LogP contribution is -2.19. The van der Waals surface area contributed by atoms with Gasteiger partial charge in [-0.25, -0.2) is 0 Å². The first-order valence-electron chi connectivity index (χ1n) is 7.11. The predicted molar refractivity (Wildman–Crippen MR) is 85.9 cm³/mol. The number of rotatable bonds is 4. The Bertz CT molecular complexity index is 585. The maximum absolute atomic E-state index is 5.66.